The van der Waals surface area contributed by atoms with Gasteiger partial charge in [0.2, 0.25) is 0 Å². The third kappa shape index (κ3) is 3.39. The predicted molar refractivity (Wildman–Crippen MR) is 77.7 cm³/mol. The maximum Gasteiger partial charge on any atom is 0.332 e. The summed E-state index contributed by atoms with van der Waals surface area (Å²) in [6.45, 7) is 0. The van der Waals surface area contributed by atoms with E-state index in [0.717, 1.165) is 0 Å². The van der Waals surface area contributed by atoms with Crippen molar-refractivity contribution >= 4 is 17.9 Å². The highest BCUT2D eigenvalue weighted by Gasteiger charge is 2.15. The smallest absolute Gasteiger partial charge is 0.332 e. The lowest BCUT2D eigenvalue weighted by atomic mass is 10.1. The van der Waals surface area contributed by atoms with Gasteiger partial charge in [-0.1, -0.05) is 0 Å². The summed E-state index contributed by atoms with van der Waals surface area (Å²) in [5.41, 5.74) is 7.23. The van der Waals surface area contributed by atoms with Gasteiger partial charge in [-0.15, -0.1) is 0 Å². The Balaban J connectivity index is 2.33. The van der Waals surface area contributed by atoms with Crippen molar-refractivity contribution in [1.82, 2.24) is 5.43 Å². The minimum atomic E-state index is -0.802. The number of hydrazone groups is 1. The van der Waals surface area contributed by atoms with Crippen LogP contribution in [0.15, 0.2) is 39.9 Å². The summed E-state index contributed by atoms with van der Waals surface area (Å²) in [7, 11) is 1.45. The molecule has 1 aromatic heterocycles. The Morgan fingerprint density at radius 1 is 1.45 bits per heavy atom. The van der Waals surface area contributed by atoms with E-state index in [1.54, 1.807) is 12.1 Å². The number of hydrogen-bond donors (Lipinski definition) is 2. The standard InChI is InChI=1S/C13H12N4O5/c1-21-11-4-2-8(17(19)20)6-10(11)12-5-3-9(22-12)7-15-16-13(14)18/h2-7H,1H3,(H3,14,16,18)/b15-7-. The highest BCUT2D eigenvalue weighted by atomic mass is 16.6. The highest BCUT2D eigenvalue weighted by molar-refractivity contribution is 5.80. The Morgan fingerprint density at radius 2 is 2.23 bits per heavy atom. The number of nitro groups is 1. The van der Waals surface area contributed by atoms with E-state index >= 15 is 0 Å². The van der Waals surface area contributed by atoms with Gasteiger partial charge in [0.05, 0.1) is 23.8 Å². The predicted octanol–water partition coefficient (Wildman–Crippen LogP) is 1.87. The molecule has 2 amide bonds. The molecular weight excluding hydrogens is 292 g/mol. The molecule has 0 atom stereocenters. The lowest BCUT2D eigenvalue weighted by molar-refractivity contribution is -0.384. The van der Waals surface area contributed by atoms with Crippen LogP contribution >= 0.6 is 0 Å². The van der Waals surface area contributed by atoms with Gasteiger partial charge >= 0.3 is 6.03 Å². The van der Waals surface area contributed by atoms with Crippen LogP contribution in [-0.4, -0.2) is 24.3 Å². The SMILES string of the molecule is COc1ccc([N+](=O)[O-])cc1-c1ccc(/C=N\NC(N)=O)o1. The van der Waals surface area contributed by atoms with Crippen LogP contribution in [0.2, 0.25) is 0 Å². The van der Waals surface area contributed by atoms with E-state index in [9.17, 15) is 14.9 Å². The summed E-state index contributed by atoms with van der Waals surface area (Å²) in [6.07, 6.45) is 1.25. The first-order chi connectivity index (χ1) is 10.5. The van der Waals surface area contributed by atoms with E-state index in [1.807, 2.05) is 5.43 Å². The van der Waals surface area contributed by atoms with Crippen molar-refractivity contribution in [3.63, 3.8) is 0 Å². The average Bonchev–Trinajstić information content (AvgIpc) is 2.94. The Labute approximate surface area is 124 Å². The lowest BCUT2D eigenvalue weighted by Crippen LogP contribution is -2.24. The van der Waals surface area contributed by atoms with Gasteiger partial charge in [0.25, 0.3) is 5.69 Å². The molecule has 2 rings (SSSR count). The molecule has 0 saturated carbocycles. The van der Waals surface area contributed by atoms with E-state index in [2.05, 4.69) is 5.10 Å². The number of carbonyl (C=O) groups is 1. The Hall–Kier alpha value is -3.36. The number of primary amides is 1. The van der Waals surface area contributed by atoms with Crippen LogP contribution in [0, 0.1) is 10.1 Å². The number of non-ortho nitro benzene ring substituents is 1. The summed E-state index contributed by atoms with van der Waals surface area (Å²) in [6, 6.07) is 6.55. The maximum atomic E-state index is 10.9. The lowest BCUT2D eigenvalue weighted by Gasteiger charge is -2.05. The molecule has 1 aromatic carbocycles. The molecule has 9 nitrogen and oxygen atoms in total. The van der Waals surface area contributed by atoms with Crippen LogP contribution in [-0.2, 0) is 0 Å². The van der Waals surface area contributed by atoms with Crippen LogP contribution in [0.3, 0.4) is 0 Å². The Kier molecular flexibility index (Phi) is 4.37. The third-order valence-corrected chi connectivity index (χ3v) is 2.65. The van der Waals surface area contributed by atoms with Gasteiger partial charge in [-0.2, -0.15) is 5.10 Å². The number of benzene rings is 1. The van der Waals surface area contributed by atoms with Gasteiger partial charge in [0.15, 0.2) is 0 Å². The van der Waals surface area contributed by atoms with Gasteiger partial charge in [-0.3, -0.25) is 10.1 Å². The van der Waals surface area contributed by atoms with E-state index in [4.69, 9.17) is 14.9 Å². The summed E-state index contributed by atoms with van der Waals surface area (Å²) in [5, 5.41) is 14.4. The van der Waals surface area contributed by atoms with Crippen molar-refractivity contribution in [1.29, 1.82) is 0 Å². The quantitative estimate of drug-likeness (QED) is 0.494. The van der Waals surface area contributed by atoms with Crippen molar-refractivity contribution < 1.29 is 18.9 Å². The zero-order chi connectivity index (χ0) is 16.1. The number of nitro benzene ring substituents is 1. The number of hydrogen-bond acceptors (Lipinski definition) is 6. The number of methoxy groups -OCH3 is 1. The number of furan rings is 1. The van der Waals surface area contributed by atoms with Gasteiger partial charge in [0, 0.05) is 12.1 Å². The molecule has 1 heterocycles. The molecule has 0 unspecified atom stereocenters. The molecule has 0 spiro atoms. The van der Waals surface area contributed by atoms with E-state index < -0.39 is 11.0 Å². The van der Waals surface area contributed by atoms with Gasteiger partial charge < -0.3 is 14.9 Å². The minimum Gasteiger partial charge on any atom is -0.496 e. The normalized spacial score (nSPS) is 10.6. The van der Waals surface area contributed by atoms with Crippen LogP contribution < -0.4 is 15.9 Å². The molecule has 0 aliphatic heterocycles. The largest absolute Gasteiger partial charge is 0.496 e. The molecular formula is C13H12N4O5. The van der Waals surface area contributed by atoms with Crippen molar-refractivity contribution in [2.75, 3.05) is 7.11 Å². The summed E-state index contributed by atoms with van der Waals surface area (Å²) < 4.78 is 10.7. The van der Waals surface area contributed by atoms with E-state index in [1.165, 1.54) is 31.5 Å². The topological polar surface area (TPSA) is 133 Å². The molecule has 0 fully saturated rings. The van der Waals surface area contributed by atoms with Gasteiger partial charge in [-0.05, 0) is 18.2 Å². The Bertz CT molecular complexity index is 738. The van der Waals surface area contributed by atoms with Crippen molar-refractivity contribution in [3.05, 3.63) is 46.2 Å². The van der Waals surface area contributed by atoms with Gasteiger partial charge in [-0.25, -0.2) is 10.2 Å². The van der Waals surface area contributed by atoms with Crippen molar-refractivity contribution in [3.8, 4) is 17.1 Å². The van der Waals surface area contributed by atoms with Gasteiger partial charge in [0.1, 0.15) is 17.3 Å². The number of nitrogens with two attached hydrogens (primary N) is 1. The zero-order valence-corrected chi connectivity index (χ0v) is 11.5. The fraction of sp³-hybridized carbons (Fsp3) is 0.0769. The number of amides is 2. The Morgan fingerprint density at radius 3 is 2.86 bits per heavy atom. The number of nitrogens with zero attached hydrogens (tertiary/aromatic N) is 2. The number of rotatable bonds is 5. The molecule has 0 aliphatic carbocycles. The first kappa shape index (κ1) is 15.0. The van der Waals surface area contributed by atoms with Crippen molar-refractivity contribution in [2.24, 2.45) is 10.8 Å². The molecule has 0 bridgehead atoms. The van der Waals surface area contributed by atoms with Crippen molar-refractivity contribution in [2.45, 2.75) is 0 Å². The zero-order valence-electron chi connectivity index (χ0n) is 11.5. The second-order valence-electron chi connectivity index (χ2n) is 4.08. The fourth-order valence-corrected chi connectivity index (χ4v) is 1.73. The molecule has 114 valence electrons. The molecule has 0 radical (unpaired) electrons. The molecule has 0 aliphatic rings. The van der Waals surface area contributed by atoms with Crippen LogP contribution in [0.4, 0.5) is 10.5 Å². The summed E-state index contributed by atoms with van der Waals surface area (Å²) >= 11 is 0. The van der Waals surface area contributed by atoms with Crippen LogP contribution in [0.1, 0.15) is 5.76 Å². The molecule has 3 N–H and O–H groups in total. The second kappa shape index (κ2) is 6.39. The number of carbonyl (C=O) groups excluding carboxylic acids is 1. The second-order valence-corrected chi connectivity index (χ2v) is 4.08. The minimum absolute atomic E-state index is 0.0854. The summed E-state index contributed by atoms with van der Waals surface area (Å²) in [4.78, 5) is 20.8. The number of urea groups is 1. The average molecular weight is 304 g/mol. The highest BCUT2D eigenvalue weighted by Crippen LogP contribution is 2.34. The molecule has 22 heavy (non-hydrogen) atoms. The van der Waals surface area contributed by atoms with E-state index in [0.29, 0.717) is 22.8 Å². The van der Waals surface area contributed by atoms with Crippen LogP contribution in [0.25, 0.3) is 11.3 Å². The monoisotopic (exact) mass is 304 g/mol. The van der Waals surface area contributed by atoms with E-state index in [-0.39, 0.29) is 5.69 Å². The maximum absolute atomic E-state index is 10.9. The first-order valence-corrected chi connectivity index (χ1v) is 6.02. The molecule has 0 saturated heterocycles. The first-order valence-electron chi connectivity index (χ1n) is 6.02. The fourth-order valence-electron chi connectivity index (χ4n) is 1.73. The number of nitrogens with one attached hydrogen (secondary N) is 1. The molecule has 2 aromatic rings. The molecule has 9 heteroatoms. The third-order valence-electron chi connectivity index (χ3n) is 2.65. The summed E-state index contributed by atoms with van der Waals surface area (Å²) in [5.74, 6) is 1.12. The number of ether oxygens (including phenoxy) is 1. The van der Waals surface area contributed by atoms with Crippen LogP contribution in [0.5, 0.6) is 5.75 Å².